The van der Waals surface area contributed by atoms with E-state index in [-0.39, 0.29) is 6.10 Å². The Morgan fingerprint density at radius 2 is 2.05 bits per heavy atom. The number of aliphatic imine (C=N–C) groups is 1. The molecule has 106 valence electrons. The summed E-state index contributed by atoms with van der Waals surface area (Å²) in [5.74, 6) is 1.89. The van der Waals surface area contributed by atoms with Gasteiger partial charge in [0.2, 0.25) is 0 Å². The van der Waals surface area contributed by atoms with Crippen molar-refractivity contribution in [2.45, 2.75) is 26.4 Å². The molecule has 0 heterocycles. The Morgan fingerprint density at radius 3 is 2.68 bits per heavy atom. The van der Waals surface area contributed by atoms with Crippen LogP contribution in [0.4, 0.5) is 0 Å². The summed E-state index contributed by atoms with van der Waals surface area (Å²) >= 11 is 0. The third-order valence-electron chi connectivity index (χ3n) is 2.47. The first-order chi connectivity index (χ1) is 9.17. The predicted octanol–water partition coefficient (Wildman–Crippen LogP) is 1.78. The number of nitrogens with one attached hydrogen (secondary N) is 1. The van der Waals surface area contributed by atoms with Gasteiger partial charge in [0.25, 0.3) is 0 Å². The molecule has 5 nitrogen and oxygen atoms in total. The fourth-order valence-electron chi connectivity index (χ4n) is 1.51. The number of hydrogen-bond donors (Lipinski definition) is 2. The second-order valence-electron chi connectivity index (χ2n) is 4.23. The maximum Gasteiger partial charge on any atom is 0.188 e. The van der Waals surface area contributed by atoms with Crippen LogP contribution in [0.25, 0.3) is 0 Å². The Morgan fingerprint density at radius 1 is 1.37 bits per heavy atom. The quantitative estimate of drug-likeness (QED) is 0.582. The van der Waals surface area contributed by atoms with Crippen molar-refractivity contribution in [3.05, 3.63) is 24.3 Å². The number of nitrogens with two attached hydrogens (primary N) is 1. The summed E-state index contributed by atoms with van der Waals surface area (Å²) in [5.41, 5.74) is 5.72. The number of para-hydroxylation sites is 2. The Hall–Kier alpha value is -1.91. The summed E-state index contributed by atoms with van der Waals surface area (Å²) < 4.78 is 11.0. The maximum absolute atomic E-state index is 5.78. The first-order valence-corrected chi connectivity index (χ1v) is 6.50. The number of ether oxygens (including phenoxy) is 2. The summed E-state index contributed by atoms with van der Waals surface area (Å²) in [6.45, 7) is 5.36. The van der Waals surface area contributed by atoms with E-state index in [2.05, 4.69) is 17.2 Å². The van der Waals surface area contributed by atoms with Crippen LogP contribution in [-0.2, 0) is 0 Å². The first kappa shape index (κ1) is 15.1. The van der Waals surface area contributed by atoms with Crippen LogP contribution < -0.4 is 20.5 Å². The molecule has 0 fully saturated rings. The average molecular weight is 265 g/mol. The monoisotopic (exact) mass is 265 g/mol. The van der Waals surface area contributed by atoms with Crippen molar-refractivity contribution in [3.8, 4) is 11.5 Å². The molecule has 0 bridgehead atoms. The highest BCUT2D eigenvalue weighted by atomic mass is 16.5. The molecule has 1 aromatic carbocycles. The minimum Gasteiger partial charge on any atom is -0.493 e. The van der Waals surface area contributed by atoms with Gasteiger partial charge < -0.3 is 20.5 Å². The van der Waals surface area contributed by atoms with Crippen molar-refractivity contribution in [2.75, 3.05) is 20.2 Å². The molecule has 0 aromatic heterocycles. The molecule has 0 saturated heterocycles. The van der Waals surface area contributed by atoms with Crippen LogP contribution in [-0.4, -0.2) is 32.3 Å². The van der Waals surface area contributed by atoms with E-state index in [0.717, 1.165) is 18.7 Å². The van der Waals surface area contributed by atoms with Crippen LogP contribution in [0, 0.1) is 0 Å². The van der Waals surface area contributed by atoms with Gasteiger partial charge in [0.05, 0.1) is 13.7 Å². The Labute approximate surface area is 114 Å². The highest BCUT2D eigenvalue weighted by Crippen LogP contribution is 2.26. The topological polar surface area (TPSA) is 68.9 Å². The van der Waals surface area contributed by atoms with Crippen molar-refractivity contribution >= 4 is 5.96 Å². The lowest BCUT2D eigenvalue weighted by Crippen LogP contribution is -2.33. The summed E-state index contributed by atoms with van der Waals surface area (Å²) in [6, 6.07) is 7.55. The minimum atomic E-state index is -0.0710. The standard InChI is InChI=1S/C14H23N3O2/c1-4-9-16-14(15)17-10-11(2)19-13-8-6-5-7-12(13)18-3/h5-8,11H,4,9-10H2,1-3H3,(H3,15,16,17). The van der Waals surface area contributed by atoms with Crippen LogP contribution >= 0.6 is 0 Å². The largest absolute Gasteiger partial charge is 0.493 e. The van der Waals surface area contributed by atoms with Crippen LogP contribution in [0.1, 0.15) is 20.3 Å². The number of guanidine groups is 1. The summed E-state index contributed by atoms with van der Waals surface area (Å²) in [7, 11) is 1.62. The van der Waals surface area contributed by atoms with Crippen LogP contribution in [0.15, 0.2) is 29.3 Å². The van der Waals surface area contributed by atoms with Crippen molar-refractivity contribution in [3.63, 3.8) is 0 Å². The highest BCUT2D eigenvalue weighted by Gasteiger charge is 2.07. The van der Waals surface area contributed by atoms with Gasteiger partial charge in [-0.3, -0.25) is 0 Å². The van der Waals surface area contributed by atoms with Gasteiger partial charge in [0.15, 0.2) is 17.5 Å². The molecule has 19 heavy (non-hydrogen) atoms. The van der Waals surface area contributed by atoms with Crippen molar-refractivity contribution in [1.29, 1.82) is 0 Å². The highest BCUT2D eigenvalue weighted by molar-refractivity contribution is 5.77. The van der Waals surface area contributed by atoms with Gasteiger partial charge in [0, 0.05) is 6.54 Å². The fourth-order valence-corrected chi connectivity index (χ4v) is 1.51. The Bertz CT molecular complexity index is 407. The van der Waals surface area contributed by atoms with Crippen molar-refractivity contribution in [1.82, 2.24) is 5.32 Å². The lowest BCUT2D eigenvalue weighted by molar-refractivity contribution is 0.219. The number of hydrogen-bond acceptors (Lipinski definition) is 3. The van der Waals surface area contributed by atoms with Crippen LogP contribution in [0.5, 0.6) is 11.5 Å². The van der Waals surface area contributed by atoms with Crippen molar-refractivity contribution in [2.24, 2.45) is 10.7 Å². The zero-order valence-corrected chi connectivity index (χ0v) is 11.8. The molecule has 0 aliphatic rings. The summed E-state index contributed by atoms with van der Waals surface area (Å²) in [4.78, 5) is 4.23. The van der Waals surface area contributed by atoms with Crippen LogP contribution in [0.2, 0.25) is 0 Å². The summed E-state index contributed by atoms with van der Waals surface area (Å²) in [5, 5.41) is 3.02. The van der Waals surface area contributed by atoms with E-state index in [0.29, 0.717) is 18.3 Å². The van der Waals surface area contributed by atoms with E-state index in [1.54, 1.807) is 7.11 Å². The molecule has 1 aromatic rings. The maximum atomic E-state index is 5.78. The molecular weight excluding hydrogens is 242 g/mol. The van der Waals surface area contributed by atoms with E-state index >= 15 is 0 Å². The molecule has 0 radical (unpaired) electrons. The number of methoxy groups -OCH3 is 1. The van der Waals surface area contributed by atoms with Crippen molar-refractivity contribution < 1.29 is 9.47 Å². The normalized spacial score (nSPS) is 12.9. The van der Waals surface area contributed by atoms with Gasteiger partial charge in [-0.2, -0.15) is 0 Å². The number of rotatable bonds is 7. The summed E-state index contributed by atoms with van der Waals surface area (Å²) in [6.07, 6.45) is 0.946. The zero-order valence-electron chi connectivity index (χ0n) is 11.8. The average Bonchev–Trinajstić information content (AvgIpc) is 2.43. The molecule has 3 N–H and O–H groups in total. The van der Waals surface area contributed by atoms with Gasteiger partial charge >= 0.3 is 0 Å². The van der Waals surface area contributed by atoms with Gasteiger partial charge in [-0.1, -0.05) is 19.1 Å². The smallest absolute Gasteiger partial charge is 0.188 e. The predicted molar refractivity (Wildman–Crippen MR) is 77.9 cm³/mol. The molecule has 0 saturated carbocycles. The molecule has 0 aliphatic heterocycles. The Balaban J connectivity index is 2.48. The van der Waals surface area contributed by atoms with Crippen LogP contribution in [0.3, 0.4) is 0 Å². The second kappa shape index (κ2) is 8.24. The molecule has 0 spiro atoms. The van der Waals surface area contributed by atoms with E-state index in [9.17, 15) is 0 Å². The Kier molecular flexibility index (Phi) is 6.57. The zero-order chi connectivity index (χ0) is 14.1. The SMILES string of the molecule is CCCNC(N)=NCC(C)Oc1ccccc1OC. The molecule has 1 atom stereocenters. The molecule has 1 rings (SSSR count). The number of benzene rings is 1. The third-order valence-corrected chi connectivity index (χ3v) is 2.47. The van der Waals surface area contributed by atoms with Gasteiger partial charge in [-0.05, 0) is 25.5 Å². The third kappa shape index (κ3) is 5.50. The molecular formula is C14H23N3O2. The van der Waals surface area contributed by atoms with Gasteiger partial charge in [-0.25, -0.2) is 4.99 Å². The molecule has 1 unspecified atom stereocenters. The fraction of sp³-hybridized carbons (Fsp3) is 0.500. The van der Waals surface area contributed by atoms with E-state index in [1.807, 2.05) is 31.2 Å². The van der Waals surface area contributed by atoms with E-state index in [1.165, 1.54) is 0 Å². The van der Waals surface area contributed by atoms with Gasteiger partial charge in [0.1, 0.15) is 6.10 Å². The first-order valence-electron chi connectivity index (χ1n) is 6.50. The van der Waals surface area contributed by atoms with Gasteiger partial charge in [-0.15, -0.1) is 0 Å². The van der Waals surface area contributed by atoms with E-state index in [4.69, 9.17) is 15.2 Å². The minimum absolute atomic E-state index is 0.0710. The van der Waals surface area contributed by atoms with E-state index < -0.39 is 0 Å². The lowest BCUT2D eigenvalue weighted by Gasteiger charge is -2.15. The lowest BCUT2D eigenvalue weighted by atomic mass is 10.3. The second-order valence-corrected chi connectivity index (χ2v) is 4.23. The molecule has 0 aliphatic carbocycles. The number of nitrogens with zero attached hydrogens (tertiary/aromatic N) is 1. The molecule has 0 amide bonds. The molecule has 5 heteroatoms.